The molecule has 3 aromatic rings. The van der Waals surface area contributed by atoms with Crippen LogP contribution in [0.1, 0.15) is 42.7 Å². The van der Waals surface area contributed by atoms with Gasteiger partial charge in [-0.25, -0.2) is 4.39 Å². The van der Waals surface area contributed by atoms with E-state index in [0.717, 1.165) is 17.6 Å². The molecule has 0 aliphatic carbocycles. The van der Waals surface area contributed by atoms with E-state index in [4.69, 9.17) is 10.5 Å². The SMILES string of the molecule is CC/C=C\C(=C/C=NC)c1ccc2c(c1)c(C(N)=O)nn2CC(=O)N1C[C@H](F)C[C@H]1C(=O)Nc1cccc2c1NC(=O)C(C)O2. The molecule has 0 radical (unpaired) electrons. The van der Waals surface area contributed by atoms with E-state index in [2.05, 4.69) is 20.7 Å². The van der Waals surface area contributed by atoms with Gasteiger partial charge in [0.05, 0.1) is 17.7 Å². The summed E-state index contributed by atoms with van der Waals surface area (Å²) in [4.78, 5) is 56.7. The number of rotatable bonds is 9. The fourth-order valence-electron chi connectivity index (χ4n) is 5.38. The minimum absolute atomic E-state index is 0.0193. The molecular formula is C32H34FN7O5. The first-order chi connectivity index (χ1) is 21.6. The van der Waals surface area contributed by atoms with E-state index in [1.165, 1.54) is 9.58 Å². The topological polar surface area (TPSA) is 161 Å². The van der Waals surface area contributed by atoms with E-state index in [-0.39, 0.29) is 42.5 Å². The van der Waals surface area contributed by atoms with Crippen LogP contribution >= 0.6 is 0 Å². The van der Waals surface area contributed by atoms with Crippen LogP contribution in [0.25, 0.3) is 16.5 Å². The molecule has 2 aromatic carbocycles. The number of nitrogens with one attached hydrogen (secondary N) is 2. The number of benzene rings is 2. The number of carbonyl (C=O) groups excluding carboxylic acids is 4. The molecule has 3 heterocycles. The van der Waals surface area contributed by atoms with Gasteiger partial charge in [0, 0.05) is 25.1 Å². The first-order valence-corrected chi connectivity index (χ1v) is 14.6. The summed E-state index contributed by atoms with van der Waals surface area (Å²) < 4.78 is 21.6. The van der Waals surface area contributed by atoms with Crippen LogP contribution in [0.4, 0.5) is 15.8 Å². The Morgan fingerprint density at radius 1 is 1.27 bits per heavy atom. The molecule has 45 heavy (non-hydrogen) atoms. The first-order valence-electron chi connectivity index (χ1n) is 14.6. The molecule has 1 fully saturated rings. The number of para-hydroxylation sites is 1. The number of nitrogens with zero attached hydrogens (tertiary/aromatic N) is 4. The summed E-state index contributed by atoms with van der Waals surface area (Å²) in [6.07, 6.45) is 5.92. The number of likely N-dealkylation sites (tertiary alicyclic amines) is 1. The minimum Gasteiger partial charge on any atom is -0.479 e. The molecule has 0 saturated carbocycles. The van der Waals surface area contributed by atoms with Crippen molar-refractivity contribution in [3.8, 4) is 5.75 Å². The lowest BCUT2D eigenvalue weighted by molar-refractivity contribution is -0.137. The summed E-state index contributed by atoms with van der Waals surface area (Å²) in [5.41, 5.74) is 8.30. The number of aliphatic imine (C=N–C) groups is 1. The van der Waals surface area contributed by atoms with Gasteiger partial charge in [-0.15, -0.1) is 0 Å². The monoisotopic (exact) mass is 615 g/mol. The Morgan fingerprint density at radius 2 is 2.07 bits per heavy atom. The van der Waals surface area contributed by atoms with Gasteiger partial charge in [0.25, 0.3) is 11.8 Å². The number of hydrogen-bond acceptors (Lipinski definition) is 7. The molecule has 234 valence electrons. The number of carbonyl (C=O) groups is 4. The Morgan fingerprint density at radius 3 is 2.80 bits per heavy atom. The van der Waals surface area contributed by atoms with Crippen molar-refractivity contribution < 1.29 is 28.3 Å². The maximum atomic E-state index is 14.7. The van der Waals surface area contributed by atoms with E-state index >= 15 is 0 Å². The summed E-state index contributed by atoms with van der Waals surface area (Å²) >= 11 is 0. The number of alkyl halides is 1. The van der Waals surface area contributed by atoms with Gasteiger partial charge in [0.1, 0.15) is 30.2 Å². The molecule has 0 bridgehead atoms. The number of ether oxygens (including phenoxy) is 1. The number of allylic oxidation sites excluding steroid dienone is 4. The first kappa shape index (κ1) is 31.1. The quantitative estimate of drug-likeness (QED) is 0.247. The molecular weight excluding hydrogens is 581 g/mol. The number of nitrogens with two attached hydrogens (primary N) is 1. The van der Waals surface area contributed by atoms with Gasteiger partial charge in [-0.3, -0.25) is 28.9 Å². The van der Waals surface area contributed by atoms with Crippen molar-refractivity contribution in [1.82, 2.24) is 14.7 Å². The third-order valence-corrected chi connectivity index (χ3v) is 7.62. The second-order valence-electron chi connectivity index (χ2n) is 10.8. The van der Waals surface area contributed by atoms with Gasteiger partial charge in [-0.05, 0) is 54.8 Å². The van der Waals surface area contributed by atoms with Crippen molar-refractivity contribution >= 4 is 57.7 Å². The highest BCUT2D eigenvalue weighted by atomic mass is 19.1. The van der Waals surface area contributed by atoms with E-state index in [1.807, 2.05) is 31.2 Å². The predicted octanol–water partition coefficient (Wildman–Crippen LogP) is 3.48. The highest BCUT2D eigenvalue weighted by molar-refractivity contribution is 6.07. The molecule has 1 saturated heterocycles. The molecule has 0 spiro atoms. The van der Waals surface area contributed by atoms with Gasteiger partial charge < -0.3 is 26.0 Å². The van der Waals surface area contributed by atoms with Crippen molar-refractivity contribution in [2.45, 2.75) is 51.6 Å². The molecule has 1 aromatic heterocycles. The van der Waals surface area contributed by atoms with Gasteiger partial charge >= 0.3 is 0 Å². The van der Waals surface area contributed by atoms with E-state index in [9.17, 15) is 23.6 Å². The average molecular weight is 616 g/mol. The van der Waals surface area contributed by atoms with Crippen LogP contribution < -0.4 is 21.1 Å². The zero-order valence-corrected chi connectivity index (χ0v) is 25.1. The molecule has 4 N–H and O–H groups in total. The van der Waals surface area contributed by atoms with Crippen LogP contribution in [-0.2, 0) is 20.9 Å². The lowest BCUT2D eigenvalue weighted by Gasteiger charge is -2.27. The second-order valence-corrected chi connectivity index (χ2v) is 10.8. The number of halogens is 1. The van der Waals surface area contributed by atoms with Crippen molar-refractivity contribution in [2.24, 2.45) is 10.7 Å². The Kier molecular flexibility index (Phi) is 9.07. The fourth-order valence-corrected chi connectivity index (χ4v) is 5.38. The highest BCUT2D eigenvalue weighted by Gasteiger charge is 2.40. The van der Waals surface area contributed by atoms with Gasteiger partial charge in [0.2, 0.25) is 11.8 Å². The molecule has 2 aliphatic heterocycles. The Bertz CT molecular complexity index is 1760. The fraction of sp³-hybridized carbons (Fsp3) is 0.312. The zero-order chi connectivity index (χ0) is 32.2. The number of aromatic nitrogens is 2. The molecule has 5 rings (SSSR count). The van der Waals surface area contributed by atoms with E-state index in [1.54, 1.807) is 50.5 Å². The Hall–Kier alpha value is -5.33. The third-order valence-electron chi connectivity index (χ3n) is 7.62. The van der Waals surface area contributed by atoms with Crippen molar-refractivity contribution in [3.63, 3.8) is 0 Å². The largest absolute Gasteiger partial charge is 0.479 e. The molecule has 3 atom stereocenters. The number of hydrogen-bond donors (Lipinski definition) is 3. The lowest BCUT2D eigenvalue weighted by atomic mass is 10.0. The number of amides is 4. The summed E-state index contributed by atoms with van der Waals surface area (Å²) in [5, 5.41) is 10.2. The Labute approximate surface area is 258 Å². The van der Waals surface area contributed by atoms with Gasteiger partial charge in [-0.1, -0.05) is 31.2 Å². The highest BCUT2D eigenvalue weighted by Crippen LogP contribution is 2.37. The van der Waals surface area contributed by atoms with Crippen LogP contribution in [0, 0.1) is 0 Å². The molecule has 1 unspecified atom stereocenters. The predicted molar refractivity (Wildman–Crippen MR) is 169 cm³/mol. The maximum Gasteiger partial charge on any atom is 0.269 e. The number of anilines is 2. The average Bonchev–Trinajstić information content (AvgIpc) is 3.58. The van der Waals surface area contributed by atoms with E-state index < -0.39 is 36.0 Å². The summed E-state index contributed by atoms with van der Waals surface area (Å²) in [6, 6.07) is 9.09. The molecule has 12 nitrogen and oxygen atoms in total. The van der Waals surface area contributed by atoms with Crippen LogP contribution in [-0.4, -0.2) is 76.4 Å². The van der Waals surface area contributed by atoms with Crippen LogP contribution in [0.2, 0.25) is 0 Å². The second kappa shape index (κ2) is 13.1. The van der Waals surface area contributed by atoms with Crippen molar-refractivity contribution in [2.75, 3.05) is 24.2 Å². The van der Waals surface area contributed by atoms with Gasteiger partial charge in [0.15, 0.2) is 11.8 Å². The van der Waals surface area contributed by atoms with Gasteiger partial charge in [-0.2, -0.15) is 5.10 Å². The molecule has 2 aliphatic rings. The summed E-state index contributed by atoms with van der Waals surface area (Å²) in [5.74, 6) is -1.95. The molecule has 4 amide bonds. The minimum atomic E-state index is -1.43. The van der Waals surface area contributed by atoms with Crippen LogP contribution in [0.3, 0.4) is 0 Å². The van der Waals surface area contributed by atoms with Crippen molar-refractivity contribution in [3.05, 3.63) is 65.9 Å². The third kappa shape index (κ3) is 6.47. The standard InChI is InChI=1S/C32H34FN7O5/c1-4-5-7-19(12-13-35-3)20-10-11-24-22(14-20)28(30(34)42)38-40(24)17-27(41)39-16-21(33)15-25(39)32(44)36-23-8-6-9-26-29(23)37-31(43)18(2)45-26/h5-14,18,21,25H,4,15-17H2,1-3H3,(H2,34,42)(H,36,44)(H,37,43)/b7-5-,19-12+,35-13?/t18?,21-,25+/m1/s1. The zero-order valence-electron chi connectivity index (χ0n) is 25.1. The summed E-state index contributed by atoms with van der Waals surface area (Å²) in [7, 11) is 1.66. The van der Waals surface area contributed by atoms with Crippen molar-refractivity contribution in [1.29, 1.82) is 0 Å². The summed E-state index contributed by atoms with van der Waals surface area (Å²) in [6.45, 7) is 2.97. The number of primary amides is 1. The normalized spacial score (nSPS) is 20.0. The smallest absolute Gasteiger partial charge is 0.269 e. The van der Waals surface area contributed by atoms with E-state index in [0.29, 0.717) is 16.7 Å². The van der Waals surface area contributed by atoms with Crippen LogP contribution in [0.15, 0.2) is 59.6 Å². The Balaban J connectivity index is 1.40. The van der Waals surface area contributed by atoms with Crippen LogP contribution in [0.5, 0.6) is 5.75 Å². The molecule has 13 heteroatoms. The number of fused-ring (bicyclic) bond motifs is 2. The maximum absolute atomic E-state index is 14.7. The lowest BCUT2D eigenvalue weighted by Crippen LogP contribution is -2.44.